The number of anilines is 1. The highest BCUT2D eigenvalue weighted by molar-refractivity contribution is 5.99. The van der Waals surface area contributed by atoms with Gasteiger partial charge in [0.1, 0.15) is 23.9 Å². The van der Waals surface area contributed by atoms with E-state index in [1.807, 2.05) is 111 Å². The monoisotopic (exact) mass is 772 g/mol. The lowest BCUT2D eigenvalue weighted by Crippen LogP contribution is -2.54. The molecule has 0 bridgehead atoms. The van der Waals surface area contributed by atoms with Gasteiger partial charge in [-0.1, -0.05) is 57.2 Å². The number of likely N-dealkylation sites (N-methyl/N-ethyl adjacent to an activating group) is 1. The molecular weight excluding hydrogens is 721 g/mol. The minimum atomic E-state index is -0.694. The Morgan fingerprint density at radius 2 is 1.67 bits per heavy atom. The molecule has 4 amide bonds. The third kappa shape index (κ3) is 8.20. The van der Waals surface area contributed by atoms with Crippen molar-refractivity contribution in [3.8, 4) is 22.8 Å². The lowest BCUT2D eigenvalue weighted by Gasteiger charge is -2.31. The van der Waals surface area contributed by atoms with Crippen molar-refractivity contribution in [2.45, 2.75) is 84.0 Å². The summed E-state index contributed by atoms with van der Waals surface area (Å²) in [7, 11) is 3.87. The Hall–Kier alpha value is -5.82. The van der Waals surface area contributed by atoms with E-state index in [0.29, 0.717) is 48.8 Å². The Balaban J connectivity index is 1.06. The number of oxazole rings is 1. The molecule has 57 heavy (non-hydrogen) atoms. The summed E-state index contributed by atoms with van der Waals surface area (Å²) in [6.45, 7) is 8.56. The van der Waals surface area contributed by atoms with Crippen LogP contribution in [0.4, 0.5) is 5.69 Å². The van der Waals surface area contributed by atoms with Gasteiger partial charge in [0.2, 0.25) is 29.5 Å². The Morgan fingerprint density at radius 1 is 0.930 bits per heavy atom. The number of hydrogen-bond acceptors (Lipinski definition) is 8. The minimum absolute atomic E-state index is 0.0624. The largest absolute Gasteiger partial charge is 0.436 e. The number of imidazole rings is 1. The van der Waals surface area contributed by atoms with E-state index < -0.39 is 12.1 Å². The van der Waals surface area contributed by atoms with Crippen LogP contribution in [0.2, 0.25) is 0 Å². The Bertz CT molecular complexity index is 2260. The summed E-state index contributed by atoms with van der Waals surface area (Å²) < 4.78 is 6.29. The molecule has 0 saturated carbocycles. The van der Waals surface area contributed by atoms with Gasteiger partial charge in [-0.25, -0.2) is 9.97 Å². The molecular formula is C44H52N8O5. The molecule has 2 aromatic heterocycles. The van der Waals surface area contributed by atoms with Crippen LogP contribution in [0.15, 0.2) is 77.3 Å². The van der Waals surface area contributed by atoms with Gasteiger partial charge in [0.05, 0.1) is 23.3 Å². The summed E-state index contributed by atoms with van der Waals surface area (Å²) in [6.07, 6.45) is 4.92. The van der Waals surface area contributed by atoms with E-state index >= 15 is 0 Å². The van der Waals surface area contributed by atoms with Crippen LogP contribution >= 0.6 is 0 Å². The van der Waals surface area contributed by atoms with E-state index in [1.165, 1.54) is 0 Å². The number of nitrogens with zero attached hydrogens (tertiary/aromatic N) is 5. The highest BCUT2D eigenvalue weighted by Crippen LogP contribution is 2.36. The van der Waals surface area contributed by atoms with Crippen molar-refractivity contribution in [1.29, 1.82) is 0 Å². The molecule has 1 unspecified atom stereocenters. The second-order valence-electron chi connectivity index (χ2n) is 15.7. The number of H-pyrrole nitrogens is 1. The smallest absolute Gasteiger partial charge is 0.247 e. The van der Waals surface area contributed by atoms with Crippen LogP contribution in [0.1, 0.15) is 81.9 Å². The molecule has 2 saturated heterocycles. The molecule has 13 heteroatoms. The number of likely N-dealkylation sites (tertiary alicyclic amines) is 2. The van der Waals surface area contributed by atoms with Crippen LogP contribution in [-0.4, -0.2) is 92.5 Å². The Labute approximate surface area is 333 Å². The zero-order valence-electron chi connectivity index (χ0n) is 33.5. The fourth-order valence-electron chi connectivity index (χ4n) is 8.03. The lowest BCUT2D eigenvalue weighted by molar-refractivity contribution is -0.141. The predicted octanol–water partition coefficient (Wildman–Crippen LogP) is 6.64. The second-order valence-corrected chi connectivity index (χ2v) is 15.7. The summed E-state index contributed by atoms with van der Waals surface area (Å²) in [6, 6.07) is 19.5. The number of nitrogens with one attached hydrogen (secondary N) is 3. The topological polar surface area (TPSA) is 157 Å². The standard InChI is InChI=1S/C44H52N8O5/c1-7-37(53)49-38(26(2)3)43(55)52-22-12-16-35(52)41(54)48-32-24-30(18-17-27(32)4)42-45-25-36(57-42)29-19-20-31-33(23-29)47-40(46-31)34-15-11-21-51(34)44(56)39(50(5)6)28-13-9-8-10-14-28/h8-10,13-14,17-20,23-26,34-35,38-39H,7,11-12,15-16,21-22H2,1-6H3,(H,46,47)(H,48,54)(H,49,53)/t34-,35-,38?,39+/m0/s1. The van der Waals surface area contributed by atoms with Crippen LogP contribution in [0.25, 0.3) is 33.8 Å². The number of fused-ring (bicyclic) bond motifs is 1. The van der Waals surface area contributed by atoms with Crippen molar-refractivity contribution in [3.05, 3.63) is 89.9 Å². The summed E-state index contributed by atoms with van der Waals surface area (Å²) in [5, 5.41) is 5.89. The Kier molecular flexibility index (Phi) is 11.6. The third-order valence-electron chi connectivity index (χ3n) is 11.2. The number of aromatic amines is 1. The molecule has 13 nitrogen and oxygen atoms in total. The lowest BCUT2D eigenvalue weighted by atomic mass is 10.0. The van der Waals surface area contributed by atoms with Crippen LogP contribution < -0.4 is 10.6 Å². The molecule has 4 atom stereocenters. The van der Waals surface area contributed by atoms with E-state index in [-0.39, 0.29) is 48.1 Å². The quantitative estimate of drug-likeness (QED) is 0.128. The molecule has 2 fully saturated rings. The van der Waals surface area contributed by atoms with Gasteiger partial charge in [0.15, 0.2) is 5.76 Å². The first-order valence-corrected chi connectivity index (χ1v) is 19.9. The van der Waals surface area contributed by atoms with E-state index in [4.69, 9.17) is 9.40 Å². The van der Waals surface area contributed by atoms with Crippen molar-refractivity contribution in [3.63, 3.8) is 0 Å². The normalized spacial score (nSPS) is 18.0. The molecule has 298 valence electrons. The number of benzene rings is 3. The van der Waals surface area contributed by atoms with E-state index in [9.17, 15) is 19.2 Å². The summed E-state index contributed by atoms with van der Waals surface area (Å²) in [5.74, 6) is 0.958. The zero-order chi connectivity index (χ0) is 40.4. The molecule has 2 aliphatic heterocycles. The number of hydrogen-bond donors (Lipinski definition) is 3. The molecule has 0 spiro atoms. The number of aryl methyl sites for hydroxylation is 1. The SMILES string of the molecule is CCC(=O)NC(C(=O)N1CCC[C@H]1C(=O)Nc1cc(-c2ncc(-c3ccc4nc([C@@H]5CCCN5C(=O)[C@@H](c5ccccc5)N(C)C)[nH]c4c3)o2)ccc1C)C(C)C. The highest BCUT2D eigenvalue weighted by Gasteiger charge is 2.39. The highest BCUT2D eigenvalue weighted by atomic mass is 16.4. The predicted molar refractivity (Wildman–Crippen MR) is 219 cm³/mol. The molecule has 0 aliphatic carbocycles. The van der Waals surface area contributed by atoms with Gasteiger partial charge >= 0.3 is 0 Å². The summed E-state index contributed by atoms with van der Waals surface area (Å²) in [4.78, 5) is 72.0. The maximum Gasteiger partial charge on any atom is 0.247 e. The van der Waals surface area contributed by atoms with Crippen LogP contribution in [0.3, 0.4) is 0 Å². The van der Waals surface area contributed by atoms with Crippen molar-refractivity contribution in [1.82, 2.24) is 35.0 Å². The number of carbonyl (C=O) groups excluding carboxylic acids is 4. The van der Waals surface area contributed by atoms with Crippen molar-refractivity contribution < 1.29 is 23.6 Å². The summed E-state index contributed by atoms with van der Waals surface area (Å²) >= 11 is 0. The maximum absolute atomic E-state index is 14.0. The number of aromatic nitrogens is 3. The maximum atomic E-state index is 14.0. The van der Waals surface area contributed by atoms with Crippen molar-refractivity contribution in [2.75, 3.05) is 32.5 Å². The zero-order valence-corrected chi connectivity index (χ0v) is 33.5. The van der Waals surface area contributed by atoms with Gasteiger partial charge in [-0.3, -0.25) is 24.1 Å². The van der Waals surface area contributed by atoms with Gasteiger partial charge in [-0.2, -0.15) is 0 Å². The molecule has 5 aromatic rings. The number of carbonyl (C=O) groups is 4. The van der Waals surface area contributed by atoms with Gasteiger partial charge in [-0.15, -0.1) is 0 Å². The summed E-state index contributed by atoms with van der Waals surface area (Å²) in [5.41, 5.74) is 5.55. The van der Waals surface area contributed by atoms with Crippen molar-refractivity contribution in [2.24, 2.45) is 5.92 Å². The molecule has 3 aromatic carbocycles. The fraction of sp³-hybridized carbons (Fsp3) is 0.409. The van der Waals surface area contributed by atoms with E-state index in [1.54, 1.807) is 18.0 Å². The van der Waals surface area contributed by atoms with Gasteiger partial charge in [0, 0.05) is 36.3 Å². The van der Waals surface area contributed by atoms with Crippen molar-refractivity contribution >= 4 is 40.3 Å². The molecule has 7 rings (SSSR count). The third-order valence-corrected chi connectivity index (χ3v) is 11.2. The van der Waals surface area contributed by atoms with E-state index in [2.05, 4.69) is 20.6 Å². The van der Waals surface area contributed by atoms with Crippen LogP contribution in [0.5, 0.6) is 0 Å². The van der Waals surface area contributed by atoms with E-state index in [0.717, 1.165) is 46.4 Å². The first kappa shape index (κ1) is 39.4. The van der Waals surface area contributed by atoms with Gasteiger partial charge < -0.3 is 29.8 Å². The number of rotatable bonds is 12. The van der Waals surface area contributed by atoms with Gasteiger partial charge in [0.25, 0.3) is 0 Å². The second kappa shape index (κ2) is 16.7. The van der Waals surface area contributed by atoms with Crippen LogP contribution in [0, 0.1) is 12.8 Å². The average molecular weight is 773 g/mol. The first-order chi connectivity index (χ1) is 27.4. The van der Waals surface area contributed by atoms with Crippen LogP contribution in [-0.2, 0) is 19.2 Å². The average Bonchev–Trinajstić information content (AvgIpc) is 4.04. The molecule has 2 aliphatic rings. The minimum Gasteiger partial charge on any atom is -0.436 e. The molecule has 0 radical (unpaired) electrons. The van der Waals surface area contributed by atoms with Gasteiger partial charge in [-0.05, 0) is 94.1 Å². The Morgan fingerprint density at radius 3 is 2.40 bits per heavy atom. The fourth-order valence-corrected chi connectivity index (χ4v) is 8.03. The number of amides is 4. The molecule has 3 N–H and O–H groups in total. The first-order valence-electron chi connectivity index (χ1n) is 19.9. The molecule has 4 heterocycles.